The minimum Gasteiger partial charge on any atom is -0.342 e. The molecule has 1 aromatic rings. The van der Waals surface area contributed by atoms with Gasteiger partial charge in [-0.1, -0.05) is 18.6 Å². The van der Waals surface area contributed by atoms with Crippen molar-refractivity contribution in [2.75, 3.05) is 13.1 Å². The second kappa shape index (κ2) is 6.50. The predicted molar refractivity (Wildman–Crippen MR) is 77.7 cm³/mol. The van der Waals surface area contributed by atoms with Crippen molar-refractivity contribution in [2.24, 2.45) is 0 Å². The van der Waals surface area contributed by atoms with Gasteiger partial charge in [-0.2, -0.15) is 0 Å². The molecule has 2 heterocycles. The number of amides is 1. The summed E-state index contributed by atoms with van der Waals surface area (Å²) in [6.07, 6.45) is 5.74. The summed E-state index contributed by atoms with van der Waals surface area (Å²) < 4.78 is 0. The Morgan fingerprint density at radius 1 is 1.37 bits per heavy atom. The molecule has 0 spiro atoms. The second-order valence-corrected chi connectivity index (χ2v) is 5.14. The van der Waals surface area contributed by atoms with Crippen LogP contribution in [0.25, 0.3) is 6.08 Å². The van der Waals surface area contributed by atoms with E-state index in [1.807, 2.05) is 30.0 Å². The molecule has 0 aliphatic carbocycles. The Morgan fingerprint density at radius 2 is 2.11 bits per heavy atom. The zero-order valence-electron chi connectivity index (χ0n) is 11.9. The molecular weight excluding hydrogens is 236 g/mol. The van der Waals surface area contributed by atoms with E-state index in [-0.39, 0.29) is 0 Å². The normalized spacial score (nSPS) is 15.5. The van der Waals surface area contributed by atoms with Crippen molar-refractivity contribution in [3.05, 3.63) is 35.2 Å². The van der Waals surface area contributed by atoms with Gasteiger partial charge in [0.05, 0.1) is 5.69 Å². The molecule has 1 amide bonds. The number of hydrogen-bond donors (Lipinski definition) is 0. The molecule has 0 saturated carbocycles. The van der Waals surface area contributed by atoms with E-state index in [1.165, 1.54) is 5.57 Å². The topological polar surface area (TPSA) is 33.2 Å². The molecule has 0 radical (unpaired) electrons. The molecule has 3 nitrogen and oxygen atoms in total. The van der Waals surface area contributed by atoms with Crippen molar-refractivity contribution in [3.63, 3.8) is 0 Å². The lowest BCUT2D eigenvalue weighted by Crippen LogP contribution is -2.36. The van der Waals surface area contributed by atoms with Gasteiger partial charge in [-0.05, 0) is 44.4 Å². The zero-order chi connectivity index (χ0) is 13.7. The number of nitrogens with zero attached hydrogens (tertiary/aromatic N) is 2. The molecule has 1 aliphatic rings. The molecule has 1 saturated heterocycles. The fourth-order valence-corrected chi connectivity index (χ4v) is 2.41. The van der Waals surface area contributed by atoms with E-state index in [4.69, 9.17) is 0 Å². The number of carbonyl (C=O) groups is 1. The number of hydrogen-bond acceptors (Lipinski definition) is 2. The molecule has 3 heteroatoms. The molecule has 0 bridgehead atoms. The quantitative estimate of drug-likeness (QED) is 0.834. The highest BCUT2D eigenvalue weighted by molar-refractivity contribution is 5.76. The largest absolute Gasteiger partial charge is 0.342 e. The molecule has 0 N–H and O–H groups in total. The summed E-state index contributed by atoms with van der Waals surface area (Å²) in [4.78, 5) is 18.3. The van der Waals surface area contributed by atoms with Crippen LogP contribution in [0.3, 0.4) is 0 Å². The summed E-state index contributed by atoms with van der Waals surface area (Å²) >= 11 is 0. The summed E-state index contributed by atoms with van der Waals surface area (Å²) in [5.41, 5.74) is 3.48. The fraction of sp³-hybridized carbons (Fsp3) is 0.500. The summed E-state index contributed by atoms with van der Waals surface area (Å²) in [6.45, 7) is 5.78. The van der Waals surface area contributed by atoms with Crippen LogP contribution in [0.2, 0.25) is 0 Å². The van der Waals surface area contributed by atoms with Crippen LogP contribution in [0.15, 0.2) is 23.8 Å². The van der Waals surface area contributed by atoms with Gasteiger partial charge in [0.2, 0.25) is 5.91 Å². The van der Waals surface area contributed by atoms with Crippen LogP contribution in [0.5, 0.6) is 0 Å². The van der Waals surface area contributed by atoms with E-state index in [9.17, 15) is 4.79 Å². The third kappa shape index (κ3) is 3.91. The maximum absolute atomic E-state index is 11.8. The van der Waals surface area contributed by atoms with Crippen molar-refractivity contribution in [1.82, 2.24) is 9.88 Å². The van der Waals surface area contributed by atoms with E-state index >= 15 is 0 Å². The van der Waals surface area contributed by atoms with Crippen LogP contribution in [0.4, 0.5) is 0 Å². The van der Waals surface area contributed by atoms with Gasteiger partial charge in [-0.15, -0.1) is 0 Å². The number of rotatable bonds is 3. The van der Waals surface area contributed by atoms with Crippen LogP contribution < -0.4 is 0 Å². The zero-order valence-corrected chi connectivity index (χ0v) is 11.9. The lowest BCUT2D eigenvalue weighted by molar-refractivity contribution is -0.131. The lowest BCUT2D eigenvalue weighted by atomic mass is 10.0. The average molecular weight is 258 g/mol. The Balaban J connectivity index is 1.94. The summed E-state index contributed by atoms with van der Waals surface area (Å²) in [5, 5.41) is 0. The first-order chi connectivity index (χ1) is 9.19. The molecule has 0 atom stereocenters. The molecule has 0 unspecified atom stereocenters. The van der Waals surface area contributed by atoms with Crippen LogP contribution >= 0.6 is 0 Å². The van der Waals surface area contributed by atoms with E-state index in [0.717, 1.165) is 43.7 Å². The van der Waals surface area contributed by atoms with Gasteiger partial charge in [0.1, 0.15) is 0 Å². The molecular formula is C16H22N2O. The van der Waals surface area contributed by atoms with Crippen LogP contribution in [-0.4, -0.2) is 28.9 Å². The number of piperidine rings is 1. The highest BCUT2D eigenvalue weighted by Crippen LogP contribution is 2.19. The van der Waals surface area contributed by atoms with Crippen molar-refractivity contribution >= 4 is 12.0 Å². The SMILES string of the molecule is CCCC(=O)N1CCC(=Cc2cccc(C)n2)CC1. The Labute approximate surface area is 115 Å². The molecule has 1 aliphatic heterocycles. The third-order valence-electron chi connectivity index (χ3n) is 3.48. The number of aromatic nitrogens is 1. The predicted octanol–water partition coefficient (Wildman–Crippen LogP) is 3.20. The fourth-order valence-electron chi connectivity index (χ4n) is 2.41. The molecule has 1 aromatic heterocycles. The number of aryl methyl sites for hydroxylation is 1. The van der Waals surface area contributed by atoms with Gasteiger partial charge >= 0.3 is 0 Å². The summed E-state index contributed by atoms with van der Waals surface area (Å²) in [5.74, 6) is 0.301. The first-order valence-corrected chi connectivity index (χ1v) is 7.10. The molecule has 0 aromatic carbocycles. The smallest absolute Gasteiger partial charge is 0.222 e. The number of carbonyl (C=O) groups excluding carboxylic acids is 1. The van der Waals surface area contributed by atoms with Gasteiger partial charge in [-0.25, -0.2) is 0 Å². The van der Waals surface area contributed by atoms with Crippen LogP contribution in [0.1, 0.15) is 44.0 Å². The van der Waals surface area contributed by atoms with Crippen LogP contribution in [0, 0.1) is 6.92 Å². The van der Waals surface area contributed by atoms with Gasteiger partial charge < -0.3 is 4.90 Å². The average Bonchev–Trinajstić information content (AvgIpc) is 2.40. The van der Waals surface area contributed by atoms with E-state index < -0.39 is 0 Å². The first-order valence-electron chi connectivity index (χ1n) is 7.10. The van der Waals surface area contributed by atoms with Crippen molar-refractivity contribution in [3.8, 4) is 0 Å². The third-order valence-corrected chi connectivity index (χ3v) is 3.48. The monoisotopic (exact) mass is 258 g/mol. The van der Waals surface area contributed by atoms with Gasteiger partial charge in [0, 0.05) is 25.2 Å². The number of likely N-dealkylation sites (tertiary alicyclic amines) is 1. The Hall–Kier alpha value is -1.64. The van der Waals surface area contributed by atoms with Gasteiger partial charge in [0.25, 0.3) is 0 Å². The minimum atomic E-state index is 0.301. The Kier molecular flexibility index (Phi) is 4.72. The van der Waals surface area contributed by atoms with Gasteiger partial charge in [-0.3, -0.25) is 9.78 Å². The highest BCUT2D eigenvalue weighted by atomic mass is 16.2. The Morgan fingerprint density at radius 3 is 2.74 bits per heavy atom. The maximum Gasteiger partial charge on any atom is 0.222 e. The van der Waals surface area contributed by atoms with Crippen molar-refractivity contribution < 1.29 is 4.79 Å². The van der Waals surface area contributed by atoms with Gasteiger partial charge in [0.15, 0.2) is 0 Å². The minimum absolute atomic E-state index is 0.301. The highest BCUT2D eigenvalue weighted by Gasteiger charge is 2.17. The van der Waals surface area contributed by atoms with Crippen LogP contribution in [-0.2, 0) is 4.79 Å². The molecule has 102 valence electrons. The standard InChI is InChI=1S/C16H22N2O/c1-3-5-16(19)18-10-8-14(9-11-18)12-15-7-4-6-13(2)17-15/h4,6-7,12H,3,5,8-11H2,1-2H3. The summed E-state index contributed by atoms with van der Waals surface area (Å²) in [7, 11) is 0. The molecule has 2 rings (SSSR count). The summed E-state index contributed by atoms with van der Waals surface area (Å²) in [6, 6.07) is 6.08. The lowest BCUT2D eigenvalue weighted by Gasteiger charge is -2.28. The second-order valence-electron chi connectivity index (χ2n) is 5.14. The molecule has 19 heavy (non-hydrogen) atoms. The maximum atomic E-state index is 11.8. The van der Waals surface area contributed by atoms with E-state index in [1.54, 1.807) is 0 Å². The molecule has 1 fully saturated rings. The first kappa shape index (κ1) is 13.8. The Bertz CT molecular complexity index is 469. The van der Waals surface area contributed by atoms with Crippen molar-refractivity contribution in [2.45, 2.75) is 39.5 Å². The van der Waals surface area contributed by atoms with Crippen molar-refractivity contribution in [1.29, 1.82) is 0 Å². The number of pyridine rings is 1. The van der Waals surface area contributed by atoms with E-state index in [0.29, 0.717) is 12.3 Å². The van der Waals surface area contributed by atoms with E-state index in [2.05, 4.69) is 18.0 Å².